The van der Waals surface area contributed by atoms with Gasteiger partial charge in [0.15, 0.2) is 11.6 Å². The van der Waals surface area contributed by atoms with Crippen molar-refractivity contribution in [1.29, 1.82) is 0 Å². The average Bonchev–Trinajstić information content (AvgIpc) is 2.56. The third-order valence-electron chi connectivity index (χ3n) is 3.33. The van der Waals surface area contributed by atoms with E-state index in [0.717, 1.165) is 12.1 Å². The molecule has 0 unspecified atom stereocenters. The van der Waals surface area contributed by atoms with Crippen LogP contribution in [-0.2, 0) is 0 Å². The quantitative estimate of drug-likeness (QED) is 0.674. The summed E-state index contributed by atoms with van der Waals surface area (Å²) < 4.78 is 32.5. The van der Waals surface area contributed by atoms with Crippen LogP contribution in [0.2, 0.25) is 0 Å². The smallest absolute Gasteiger partial charge is 0.241 e. The van der Waals surface area contributed by atoms with Crippen LogP contribution in [-0.4, -0.2) is 22.4 Å². The number of benzene rings is 2. The fraction of sp³-hybridized carbons (Fsp3) is 0.167. The highest BCUT2D eigenvalue weighted by Gasteiger charge is 2.16. The second kappa shape index (κ2) is 6.31. The van der Waals surface area contributed by atoms with Crippen LogP contribution in [0.5, 0.6) is 5.88 Å². The van der Waals surface area contributed by atoms with Crippen LogP contribution in [0.3, 0.4) is 0 Å². The fourth-order valence-electron chi connectivity index (χ4n) is 2.27. The second-order valence-electron chi connectivity index (χ2n) is 5.54. The minimum absolute atomic E-state index is 0.171. The van der Waals surface area contributed by atoms with Crippen molar-refractivity contribution < 1.29 is 18.3 Å². The maximum absolute atomic E-state index is 13.6. The summed E-state index contributed by atoms with van der Waals surface area (Å²) in [5.41, 5.74) is 2.09. The number of carbonyl (C=O) groups is 1. The molecule has 0 fully saturated rings. The molecule has 0 N–H and O–H groups in total. The van der Waals surface area contributed by atoms with E-state index in [1.54, 1.807) is 18.2 Å². The van der Waals surface area contributed by atoms with Crippen LogP contribution in [0, 0.1) is 11.6 Å². The van der Waals surface area contributed by atoms with Crippen molar-refractivity contribution >= 4 is 17.3 Å². The van der Waals surface area contributed by atoms with E-state index in [-0.39, 0.29) is 17.7 Å². The number of carbonyl (C=O) groups excluding carboxylic acids is 1. The summed E-state index contributed by atoms with van der Waals surface area (Å²) in [6.45, 7) is 3.66. The Hall–Kier alpha value is -2.89. The van der Waals surface area contributed by atoms with Crippen LogP contribution in [0.25, 0.3) is 22.3 Å². The largest absolute Gasteiger partial charge is 0.473 e. The summed E-state index contributed by atoms with van der Waals surface area (Å²) in [5.74, 6) is -1.70. The van der Waals surface area contributed by atoms with Crippen molar-refractivity contribution in [3.63, 3.8) is 0 Å². The van der Waals surface area contributed by atoms with Gasteiger partial charge in [-0.2, -0.15) is 0 Å². The van der Waals surface area contributed by atoms with Crippen molar-refractivity contribution in [3.8, 4) is 17.1 Å². The molecule has 0 bridgehead atoms. The van der Waals surface area contributed by atoms with Crippen molar-refractivity contribution in [2.45, 2.75) is 20.0 Å². The molecule has 3 aromatic rings. The molecular formula is C18H14F2N2O2. The Morgan fingerprint density at radius 1 is 1.00 bits per heavy atom. The lowest BCUT2D eigenvalue weighted by atomic mass is 10.1. The summed E-state index contributed by atoms with van der Waals surface area (Å²) in [4.78, 5) is 19.8. The molecule has 1 heterocycles. The molecular weight excluding hydrogens is 314 g/mol. The van der Waals surface area contributed by atoms with Crippen LogP contribution < -0.4 is 4.74 Å². The summed E-state index contributed by atoms with van der Waals surface area (Å²) >= 11 is 0. The average molecular weight is 328 g/mol. The maximum Gasteiger partial charge on any atom is 0.241 e. The maximum atomic E-state index is 13.6. The molecule has 122 valence electrons. The van der Waals surface area contributed by atoms with Crippen LogP contribution >= 0.6 is 0 Å². The van der Waals surface area contributed by atoms with Gasteiger partial charge in [0.25, 0.3) is 0 Å². The Morgan fingerprint density at radius 3 is 2.46 bits per heavy atom. The highest BCUT2D eigenvalue weighted by molar-refractivity contribution is 5.86. The number of hydrogen-bond acceptors (Lipinski definition) is 4. The molecule has 0 spiro atoms. The van der Waals surface area contributed by atoms with Crippen LogP contribution in [0.15, 0.2) is 36.4 Å². The van der Waals surface area contributed by atoms with Crippen molar-refractivity contribution in [2.24, 2.45) is 0 Å². The second-order valence-corrected chi connectivity index (χ2v) is 5.54. The topological polar surface area (TPSA) is 52.1 Å². The minimum atomic E-state index is -0.980. The van der Waals surface area contributed by atoms with Gasteiger partial charge in [-0.1, -0.05) is 0 Å². The third-order valence-corrected chi connectivity index (χ3v) is 3.33. The Kier molecular flexibility index (Phi) is 4.20. The van der Waals surface area contributed by atoms with Gasteiger partial charge in [-0.05, 0) is 50.2 Å². The Balaban J connectivity index is 2.24. The number of rotatable bonds is 4. The SMILES string of the molecule is CC(C)Oc1nc2ccc(C=O)cc2nc1-c1ccc(F)c(F)c1. The van der Waals surface area contributed by atoms with Gasteiger partial charge in [0.05, 0.1) is 17.1 Å². The molecule has 0 amide bonds. The predicted molar refractivity (Wildman–Crippen MR) is 86.0 cm³/mol. The Labute approximate surface area is 137 Å². The first-order valence-corrected chi connectivity index (χ1v) is 7.37. The molecule has 0 aliphatic rings. The highest BCUT2D eigenvalue weighted by atomic mass is 19.2. The van der Waals surface area contributed by atoms with Crippen molar-refractivity contribution in [2.75, 3.05) is 0 Å². The Bertz CT molecular complexity index is 926. The van der Waals surface area contributed by atoms with E-state index >= 15 is 0 Å². The third kappa shape index (κ3) is 3.08. The van der Waals surface area contributed by atoms with E-state index in [1.807, 2.05) is 13.8 Å². The zero-order valence-electron chi connectivity index (χ0n) is 13.1. The number of fused-ring (bicyclic) bond motifs is 1. The van der Waals surface area contributed by atoms with Gasteiger partial charge in [0, 0.05) is 11.1 Å². The summed E-state index contributed by atoms with van der Waals surface area (Å²) in [6, 6.07) is 8.34. The van der Waals surface area contributed by atoms with Gasteiger partial charge >= 0.3 is 0 Å². The van der Waals surface area contributed by atoms with E-state index < -0.39 is 11.6 Å². The van der Waals surface area contributed by atoms with Gasteiger partial charge in [0.1, 0.15) is 12.0 Å². The predicted octanol–water partition coefficient (Wildman–Crippen LogP) is 4.17. The molecule has 4 nitrogen and oxygen atoms in total. The zero-order valence-corrected chi connectivity index (χ0v) is 13.1. The van der Waals surface area contributed by atoms with E-state index in [0.29, 0.717) is 28.4 Å². The molecule has 1 aromatic heterocycles. The summed E-state index contributed by atoms with van der Waals surface area (Å²) in [7, 11) is 0. The highest BCUT2D eigenvalue weighted by Crippen LogP contribution is 2.30. The summed E-state index contributed by atoms with van der Waals surface area (Å²) in [5, 5.41) is 0. The number of halogens is 2. The fourth-order valence-corrected chi connectivity index (χ4v) is 2.27. The van der Waals surface area contributed by atoms with Gasteiger partial charge in [0.2, 0.25) is 5.88 Å². The summed E-state index contributed by atoms with van der Waals surface area (Å²) in [6.07, 6.45) is 0.534. The van der Waals surface area contributed by atoms with Gasteiger partial charge < -0.3 is 4.74 Å². The van der Waals surface area contributed by atoms with E-state index in [1.165, 1.54) is 6.07 Å². The van der Waals surface area contributed by atoms with Gasteiger partial charge in [-0.15, -0.1) is 0 Å². The van der Waals surface area contributed by atoms with Crippen molar-refractivity contribution in [1.82, 2.24) is 9.97 Å². The number of nitrogens with zero attached hydrogens (tertiary/aromatic N) is 2. The number of aldehydes is 1. The lowest BCUT2D eigenvalue weighted by Gasteiger charge is -2.14. The molecule has 2 aromatic carbocycles. The monoisotopic (exact) mass is 328 g/mol. The normalized spacial score (nSPS) is 11.0. The number of aromatic nitrogens is 2. The molecule has 24 heavy (non-hydrogen) atoms. The molecule has 6 heteroatoms. The molecule has 0 aliphatic heterocycles. The Morgan fingerprint density at radius 2 is 1.79 bits per heavy atom. The van der Waals surface area contributed by atoms with E-state index in [9.17, 15) is 13.6 Å². The van der Waals surface area contributed by atoms with E-state index in [4.69, 9.17) is 4.74 Å². The first-order valence-electron chi connectivity index (χ1n) is 7.37. The molecule has 0 aliphatic carbocycles. The molecule has 0 saturated heterocycles. The van der Waals surface area contributed by atoms with Gasteiger partial charge in [-0.3, -0.25) is 4.79 Å². The zero-order chi connectivity index (χ0) is 17.3. The first-order chi connectivity index (χ1) is 11.5. The molecule has 3 rings (SSSR count). The van der Waals surface area contributed by atoms with Gasteiger partial charge in [-0.25, -0.2) is 18.7 Å². The van der Waals surface area contributed by atoms with E-state index in [2.05, 4.69) is 9.97 Å². The standard InChI is InChI=1S/C18H14F2N2O2/c1-10(2)24-18-17(12-4-5-13(19)14(20)8-12)21-16-7-11(9-23)3-6-15(16)22-18/h3-10H,1-2H3. The lowest BCUT2D eigenvalue weighted by Crippen LogP contribution is -2.09. The van der Waals surface area contributed by atoms with Crippen LogP contribution in [0.4, 0.5) is 8.78 Å². The number of ether oxygens (including phenoxy) is 1. The first kappa shape index (κ1) is 16.0. The van der Waals surface area contributed by atoms with Crippen molar-refractivity contribution in [3.05, 3.63) is 53.6 Å². The molecule has 0 saturated carbocycles. The molecule has 0 atom stereocenters. The molecule has 0 radical (unpaired) electrons. The lowest BCUT2D eigenvalue weighted by molar-refractivity contribution is 0.112. The van der Waals surface area contributed by atoms with Crippen LogP contribution in [0.1, 0.15) is 24.2 Å². The minimum Gasteiger partial charge on any atom is -0.473 e. The number of hydrogen-bond donors (Lipinski definition) is 0.